The van der Waals surface area contributed by atoms with Crippen LogP contribution in [0.25, 0.3) is 0 Å². The van der Waals surface area contributed by atoms with Crippen LogP contribution in [0.4, 0.5) is 10.1 Å². The van der Waals surface area contributed by atoms with E-state index in [0.717, 1.165) is 17.2 Å². The molecule has 0 atom stereocenters. The molecule has 1 aliphatic heterocycles. The van der Waals surface area contributed by atoms with E-state index >= 15 is 0 Å². The van der Waals surface area contributed by atoms with E-state index in [1.165, 1.54) is 29.8 Å². The third kappa shape index (κ3) is 4.70. The second-order valence-electron chi connectivity index (χ2n) is 6.22. The lowest BCUT2D eigenvalue weighted by Gasteiger charge is -2.25. The van der Waals surface area contributed by atoms with E-state index in [4.69, 9.17) is 4.74 Å². The Labute approximate surface area is 155 Å². The fourth-order valence-corrected chi connectivity index (χ4v) is 5.28. The highest BCUT2D eigenvalue weighted by atomic mass is 32.2. The van der Waals surface area contributed by atoms with Gasteiger partial charge in [0.15, 0.2) is 5.60 Å². The van der Waals surface area contributed by atoms with E-state index in [9.17, 15) is 9.18 Å². The molecule has 1 saturated heterocycles. The number of ether oxygens (including phenoxy) is 1. The maximum absolute atomic E-state index is 13.0. The predicted molar refractivity (Wildman–Crippen MR) is 104 cm³/mol. The second kappa shape index (κ2) is 7.70. The largest absolute Gasteiger partial charge is 0.478 e. The molecular formula is C19H20FNO2S2. The molecule has 1 amide bonds. The van der Waals surface area contributed by atoms with E-state index in [1.54, 1.807) is 13.8 Å². The summed E-state index contributed by atoms with van der Waals surface area (Å²) in [7, 11) is 0. The summed E-state index contributed by atoms with van der Waals surface area (Å²) in [6.07, 6.45) is 0. The Balaban J connectivity index is 1.68. The Morgan fingerprint density at radius 1 is 1.16 bits per heavy atom. The minimum absolute atomic E-state index is 0.249. The van der Waals surface area contributed by atoms with Crippen LogP contribution in [-0.2, 0) is 4.79 Å². The molecule has 1 aliphatic rings. The van der Waals surface area contributed by atoms with Gasteiger partial charge < -0.3 is 10.1 Å². The third-order valence-electron chi connectivity index (χ3n) is 3.77. The summed E-state index contributed by atoms with van der Waals surface area (Å²) in [6, 6.07) is 13.6. The SMILES string of the molecule is CC(C)(Oc1ccc(F)cc1)C(=O)Nc1cccc(C2SCCS2)c1. The normalized spacial score (nSPS) is 15.2. The molecule has 1 heterocycles. The predicted octanol–water partition coefficient (Wildman–Crippen LogP) is 5.10. The zero-order valence-electron chi connectivity index (χ0n) is 14.1. The summed E-state index contributed by atoms with van der Waals surface area (Å²) < 4.78 is 19.2. The van der Waals surface area contributed by atoms with Crippen molar-refractivity contribution in [3.8, 4) is 5.75 Å². The number of hydrogen-bond donors (Lipinski definition) is 1. The zero-order valence-corrected chi connectivity index (χ0v) is 15.8. The van der Waals surface area contributed by atoms with Gasteiger partial charge in [-0.2, -0.15) is 0 Å². The van der Waals surface area contributed by atoms with Crippen molar-refractivity contribution < 1.29 is 13.9 Å². The Bertz CT molecular complexity index is 743. The monoisotopic (exact) mass is 377 g/mol. The Morgan fingerprint density at radius 2 is 1.84 bits per heavy atom. The van der Waals surface area contributed by atoms with E-state index in [-0.39, 0.29) is 11.7 Å². The number of nitrogens with one attached hydrogen (secondary N) is 1. The van der Waals surface area contributed by atoms with Gasteiger partial charge in [0, 0.05) is 17.2 Å². The molecule has 2 aromatic rings. The lowest BCUT2D eigenvalue weighted by molar-refractivity contribution is -0.128. The van der Waals surface area contributed by atoms with Gasteiger partial charge in [-0.15, -0.1) is 23.5 Å². The molecule has 0 aliphatic carbocycles. The number of carbonyl (C=O) groups excluding carboxylic acids is 1. The van der Waals surface area contributed by atoms with Crippen molar-refractivity contribution in [3.05, 3.63) is 59.9 Å². The molecule has 132 valence electrons. The van der Waals surface area contributed by atoms with Gasteiger partial charge in [-0.3, -0.25) is 4.79 Å². The number of benzene rings is 2. The zero-order chi connectivity index (χ0) is 17.9. The number of rotatable bonds is 5. The van der Waals surface area contributed by atoms with Gasteiger partial charge in [-0.25, -0.2) is 4.39 Å². The number of hydrogen-bond acceptors (Lipinski definition) is 4. The highest BCUT2D eigenvalue weighted by Gasteiger charge is 2.30. The maximum atomic E-state index is 13.0. The van der Waals surface area contributed by atoms with Crippen molar-refractivity contribution in [2.45, 2.75) is 24.0 Å². The lowest BCUT2D eigenvalue weighted by atomic mass is 10.1. The first-order valence-electron chi connectivity index (χ1n) is 8.03. The topological polar surface area (TPSA) is 38.3 Å². The van der Waals surface area contributed by atoms with Crippen LogP contribution in [0.1, 0.15) is 24.0 Å². The van der Waals surface area contributed by atoms with Crippen LogP contribution in [0.2, 0.25) is 0 Å². The van der Waals surface area contributed by atoms with Gasteiger partial charge in [0.1, 0.15) is 11.6 Å². The van der Waals surface area contributed by atoms with E-state index in [2.05, 4.69) is 11.4 Å². The Morgan fingerprint density at radius 3 is 2.52 bits per heavy atom. The highest BCUT2D eigenvalue weighted by molar-refractivity contribution is 8.19. The summed E-state index contributed by atoms with van der Waals surface area (Å²) in [5, 5.41) is 2.92. The maximum Gasteiger partial charge on any atom is 0.267 e. The van der Waals surface area contributed by atoms with Crippen LogP contribution in [0.3, 0.4) is 0 Å². The van der Waals surface area contributed by atoms with Gasteiger partial charge in [-0.1, -0.05) is 12.1 Å². The molecule has 0 unspecified atom stereocenters. The smallest absolute Gasteiger partial charge is 0.267 e. The van der Waals surface area contributed by atoms with Crippen LogP contribution < -0.4 is 10.1 Å². The highest BCUT2D eigenvalue weighted by Crippen LogP contribution is 2.45. The fraction of sp³-hybridized carbons (Fsp3) is 0.316. The number of halogens is 1. The van der Waals surface area contributed by atoms with Crippen molar-refractivity contribution in [1.29, 1.82) is 0 Å². The fourth-order valence-electron chi connectivity index (χ4n) is 2.44. The van der Waals surface area contributed by atoms with Crippen molar-refractivity contribution in [2.24, 2.45) is 0 Å². The number of amides is 1. The summed E-state index contributed by atoms with van der Waals surface area (Å²) in [5.41, 5.74) is 0.888. The summed E-state index contributed by atoms with van der Waals surface area (Å²) in [4.78, 5) is 12.6. The first-order chi connectivity index (χ1) is 11.9. The minimum atomic E-state index is -1.08. The number of carbonyl (C=O) groups is 1. The van der Waals surface area contributed by atoms with Gasteiger partial charge in [0.2, 0.25) is 0 Å². The summed E-state index contributed by atoms with van der Waals surface area (Å²) in [5.74, 6) is 2.18. The van der Waals surface area contributed by atoms with Gasteiger partial charge >= 0.3 is 0 Å². The van der Waals surface area contributed by atoms with Gasteiger partial charge in [0.25, 0.3) is 5.91 Å². The van der Waals surface area contributed by atoms with Crippen LogP contribution in [0.5, 0.6) is 5.75 Å². The second-order valence-corrected chi connectivity index (χ2v) is 8.94. The van der Waals surface area contributed by atoms with Crippen LogP contribution >= 0.6 is 23.5 Å². The average molecular weight is 378 g/mol. The standard InChI is InChI=1S/C19H20FNO2S2/c1-19(2,23-16-8-6-14(20)7-9-16)18(22)21-15-5-3-4-13(12-15)17-24-10-11-25-17/h3-9,12,17H,10-11H2,1-2H3,(H,21,22). The first kappa shape index (κ1) is 18.1. The molecule has 0 aromatic heterocycles. The third-order valence-corrected chi connectivity index (χ3v) is 6.88. The van der Waals surface area contributed by atoms with Gasteiger partial charge in [-0.05, 0) is 55.8 Å². The molecule has 1 fully saturated rings. The quantitative estimate of drug-likeness (QED) is 0.787. The molecule has 0 radical (unpaired) electrons. The molecule has 0 saturated carbocycles. The van der Waals surface area contributed by atoms with E-state index in [0.29, 0.717) is 10.3 Å². The van der Waals surface area contributed by atoms with Gasteiger partial charge in [0.05, 0.1) is 4.58 Å². The Kier molecular flexibility index (Phi) is 5.59. The van der Waals surface area contributed by atoms with Crippen LogP contribution in [0.15, 0.2) is 48.5 Å². The van der Waals surface area contributed by atoms with E-state index in [1.807, 2.05) is 41.7 Å². The Hall–Kier alpha value is -1.66. The summed E-state index contributed by atoms with van der Waals surface area (Å²) >= 11 is 3.85. The molecule has 1 N–H and O–H groups in total. The van der Waals surface area contributed by atoms with Crippen LogP contribution in [-0.4, -0.2) is 23.0 Å². The average Bonchev–Trinajstić information content (AvgIpc) is 3.11. The molecule has 0 bridgehead atoms. The number of thioether (sulfide) groups is 2. The van der Waals surface area contributed by atoms with Crippen molar-refractivity contribution in [2.75, 3.05) is 16.8 Å². The molecule has 6 heteroatoms. The van der Waals surface area contributed by atoms with Crippen LogP contribution in [0, 0.1) is 5.82 Å². The lowest BCUT2D eigenvalue weighted by Crippen LogP contribution is -2.42. The molecular weight excluding hydrogens is 357 g/mol. The molecule has 0 spiro atoms. The molecule has 3 rings (SSSR count). The first-order valence-corrected chi connectivity index (χ1v) is 10.1. The molecule has 25 heavy (non-hydrogen) atoms. The molecule has 3 nitrogen and oxygen atoms in total. The molecule has 2 aromatic carbocycles. The minimum Gasteiger partial charge on any atom is -0.478 e. The van der Waals surface area contributed by atoms with Crippen molar-refractivity contribution in [1.82, 2.24) is 0 Å². The number of anilines is 1. The summed E-state index contributed by atoms with van der Waals surface area (Å²) in [6.45, 7) is 3.39. The van der Waals surface area contributed by atoms with Crippen molar-refractivity contribution in [3.63, 3.8) is 0 Å². The van der Waals surface area contributed by atoms with E-state index < -0.39 is 5.60 Å². The van der Waals surface area contributed by atoms with Crippen molar-refractivity contribution >= 4 is 35.1 Å².